The van der Waals surface area contributed by atoms with Crippen LogP contribution < -0.4 is 14.8 Å². The van der Waals surface area contributed by atoms with Crippen molar-refractivity contribution in [2.75, 3.05) is 26.4 Å². The fraction of sp³-hybridized carbons (Fsp3) is 0.263. The molecule has 0 aliphatic carbocycles. The average molecular weight is 359 g/mol. The van der Waals surface area contributed by atoms with E-state index in [-0.39, 0.29) is 5.56 Å². The quantitative estimate of drug-likeness (QED) is 0.800. The summed E-state index contributed by atoms with van der Waals surface area (Å²) in [7, 11) is 0. The monoisotopic (exact) mass is 359 g/mol. The summed E-state index contributed by atoms with van der Waals surface area (Å²) in [5.74, 6) is -0.600. The maximum Gasteiger partial charge on any atom is 0.341 e. The first-order valence-corrected chi connectivity index (χ1v) is 8.20. The molecule has 0 radical (unpaired) electrons. The molecule has 2 aromatic carbocycles. The Bertz CT molecular complexity index is 808. The number of benzene rings is 2. The molecule has 1 amide bonds. The molecule has 0 saturated heterocycles. The second-order valence-electron chi connectivity index (χ2n) is 5.63. The molecule has 0 bridgehead atoms. The smallest absolute Gasteiger partial charge is 0.341 e. The Kier molecular flexibility index (Phi) is 5.68. The number of nitrogens with one attached hydrogen (secondary N) is 1. The lowest BCUT2D eigenvalue weighted by molar-refractivity contribution is -0.124. The van der Waals surface area contributed by atoms with Crippen molar-refractivity contribution in [2.45, 2.75) is 6.42 Å². The molecular formula is C19H18FNO5. The van der Waals surface area contributed by atoms with Crippen LogP contribution in [0.5, 0.6) is 11.5 Å². The minimum Gasteiger partial charge on any atom is -0.486 e. The van der Waals surface area contributed by atoms with Crippen LogP contribution >= 0.6 is 0 Å². The number of amides is 1. The Morgan fingerprint density at radius 3 is 2.65 bits per heavy atom. The third kappa shape index (κ3) is 4.50. The molecule has 3 rings (SSSR count). The molecule has 1 aliphatic rings. The molecular weight excluding hydrogens is 341 g/mol. The van der Waals surface area contributed by atoms with E-state index in [1.165, 1.54) is 18.2 Å². The average Bonchev–Trinajstić information content (AvgIpc) is 2.66. The standard InChI is InChI=1S/C19H18FNO5/c20-15-4-2-1-3-14(15)19(23)26-12-18(22)21-8-7-13-5-6-16-17(11-13)25-10-9-24-16/h1-6,11H,7-10,12H2,(H,21,22). The van der Waals surface area contributed by atoms with Gasteiger partial charge in [0.05, 0.1) is 5.56 Å². The van der Waals surface area contributed by atoms with E-state index >= 15 is 0 Å². The van der Waals surface area contributed by atoms with Gasteiger partial charge in [0.25, 0.3) is 5.91 Å². The van der Waals surface area contributed by atoms with E-state index in [2.05, 4.69) is 5.32 Å². The normalized spacial score (nSPS) is 12.3. The number of hydrogen-bond acceptors (Lipinski definition) is 5. The zero-order valence-electron chi connectivity index (χ0n) is 14.0. The molecule has 0 fully saturated rings. The fourth-order valence-electron chi connectivity index (χ4n) is 2.48. The molecule has 7 heteroatoms. The van der Waals surface area contributed by atoms with Gasteiger partial charge < -0.3 is 19.5 Å². The molecule has 2 aromatic rings. The van der Waals surface area contributed by atoms with Crippen molar-refractivity contribution in [2.24, 2.45) is 0 Å². The van der Waals surface area contributed by atoms with Gasteiger partial charge in [0, 0.05) is 6.54 Å². The highest BCUT2D eigenvalue weighted by atomic mass is 19.1. The molecule has 1 heterocycles. The number of carbonyl (C=O) groups is 2. The van der Waals surface area contributed by atoms with Crippen molar-refractivity contribution in [1.82, 2.24) is 5.32 Å². The molecule has 0 saturated carbocycles. The van der Waals surface area contributed by atoms with E-state index in [0.29, 0.717) is 37.7 Å². The van der Waals surface area contributed by atoms with E-state index in [1.54, 1.807) is 0 Å². The van der Waals surface area contributed by atoms with Gasteiger partial charge in [-0.2, -0.15) is 0 Å². The summed E-state index contributed by atoms with van der Waals surface area (Å²) in [5.41, 5.74) is 0.787. The second kappa shape index (κ2) is 8.33. The minimum atomic E-state index is -0.870. The van der Waals surface area contributed by atoms with Crippen molar-refractivity contribution >= 4 is 11.9 Å². The molecule has 0 unspecified atom stereocenters. The molecule has 0 aromatic heterocycles. The van der Waals surface area contributed by atoms with Crippen LogP contribution in [0.15, 0.2) is 42.5 Å². The SMILES string of the molecule is O=C(COC(=O)c1ccccc1F)NCCc1ccc2c(c1)OCCO2. The van der Waals surface area contributed by atoms with Gasteiger partial charge in [-0.3, -0.25) is 4.79 Å². The molecule has 0 spiro atoms. The van der Waals surface area contributed by atoms with E-state index in [0.717, 1.165) is 11.6 Å². The van der Waals surface area contributed by atoms with Gasteiger partial charge in [-0.05, 0) is 36.2 Å². The van der Waals surface area contributed by atoms with E-state index < -0.39 is 24.3 Å². The lowest BCUT2D eigenvalue weighted by Crippen LogP contribution is -2.30. The third-order valence-corrected chi connectivity index (χ3v) is 3.77. The first kappa shape index (κ1) is 17.7. The molecule has 0 atom stereocenters. The topological polar surface area (TPSA) is 73.9 Å². The Morgan fingerprint density at radius 2 is 1.85 bits per heavy atom. The van der Waals surface area contributed by atoms with E-state index in [1.807, 2.05) is 18.2 Å². The summed E-state index contributed by atoms with van der Waals surface area (Å²) in [4.78, 5) is 23.5. The van der Waals surface area contributed by atoms with Crippen LogP contribution in [-0.2, 0) is 16.0 Å². The van der Waals surface area contributed by atoms with Crippen molar-refractivity contribution in [3.05, 3.63) is 59.4 Å². The fourth-order valence-corrected chi connectivity index (χ4v) is 2.48. The molecule has 26 heavy (non-hydrogen) atoms. The number of ether oxygens (including phenoxy) is 3. The predicted octanol–water partition coefficient (Wildman–Crippen LogP) is 2.11. The Labute approximate surface area is 149 Å². The second-order valence-corrected chi connectivity index (χ2v) is 5.63. The number of fused-ring (bicyclic) bond motifs is 1. The van der Waals surface area contributed by atoms with Crippen LogP contribution in [0.3, 0.4) is 0 Å². The minimum absolute atomic E-state index is 0.198. The van der Waals surface area contributed by atoms with Gasteiger partial charge in [0.15, 0.2) is 18.1 Å². The highest BCUT2D eigenvalue weighted by Gasteiger charge is 2.14. The zero-order chi connectivity index (χ0) is 18.4. The van der Waals surface area contributed by atoms with Crippen LogP contribution in [0.2, 0.25) is 0 Å². The molecule has 6 nitrogen and oxygen atoms in total. The van der Waals surface area contributed by atoms with Crippen LogP contribution in [-0.4, -0.2) is 38.2 Å². The van der Waals surface area contributed by atoms with Crippen LogP contribution in [0, 0.1) is 5.82 Å². The highest BCUT2D eigenvalue weighted by molar-refractivity contribution is 5.91. The molecule has 136 valence electrons. The third-order valence-electron chi connectivity index (χ3n) is 3.77. The number of rotatable bonds is 6. The molecule has 1 aliphatic heterocycles. The number of halogens is 1. The van der Waals surface area contributed by atoms with E-state index in [9.17, 15) is 14.0 Å². The van der Waals surface area contributed by atoms with Crippen LogP contribution in [0.4, 0.5) is 4.39 Å². The maximum absolute atomic E-state index is 13.5. The number of carbonyl (C=O) groups excluding carboxylic acids is 2. The van der Waals surface area contributed by atoms with Crippen molar-refractivity contribution < 1.29 is 28.2 Å². The van der Waals surface area contributed by atoms with Gasteiger partial charge in [-0.1, -0.05) is 18.2 Å². The zero-order valence-corrected chi connectivity index (χ0v) is 14.0. The molecule has 1 N–H and O–H groups in total. The largest absolute Gasteiger partial charge is 0.486 e. The van der Waals surface area contributed by atoms with Crippen LogP contribution in [0.1, 0.15) is 15.9 Å². The van der Waals surface area contributed by atoms with Gasteiger partial charge in [-0.15, -0.1) is 0 Å². The van der Waals surface area contributed by atoms with Crippen molar-refractivity contribution in [1.29, 1.82) is 0 Å². The lowest BCUT2D eigenvalue weighted by Gasteiger charge is -2.18. The first-order chi connectivity index (χ1) is 12.6. The summed E-state index contributed by atoms with van der Waals surface area (Å²) in [6, 6.07) is 11.1. The first-order valence-electron chi connectivity index (χ1n) is 8.20. The summed E-state index contributed by atoms with van der Waals surface area (Å²) < 4.78 is 29.2. The van der Waals surface area contributed by atoms with Gasteiger partial charge in [0.1, 0.15) is 19.0 Å². The Morgan fingerprint density at radius 1 is 1.08 bits per heavy atom. The number of hydrogen-bond donors (Lipinski definition) is 1. The lowest BCUT2D eigenvalue weighted by atomic mass is 10.1. The van der Waals surface area contributed by atoms with Crippen molar-refractivity contribution in [3.8, 4) is 11.5 Å². The van der Waals surface area contributed by atoms with Gasteiger partial charge in [-0.25, -0.2) is 9.18 Å². The predicted molar refractivity (Wildman–Crippen MR) is 90.8 cm³/mol. The number of esters is 1. The van der Waals surface area contributed by atoms with E-state index in [4.69, 9.17) is 14.2 Å². The van der Waals surface area contributed by atoms with Gasteiger partial charge in [0.2, 0.25) is 0 Å². The Balaban J connectivity index is 1.42. The summed E-state index contributed by atoms with van der Waals surface area (Å²) in [6.07, 6.45) is 0.587. The highest BCUT2D eigenvalue weighted by Crippen LogP contribution is 2.30. The van der Waals surface area contributed by atoms with Crippen LogP contribution in [0.25, 0.3) is 0 Å². The van der Waals surface area contributed by atoms with Gasteiger partial charge >= 0.3 is 5.97 Å². The summed E-state index contributed by atoms with van der Waals surface area (Å²) in [5, 5.41) is 2.65. The summed E-state index contributed by atoms with van der Waals surface area (Å²) in [6.45, 7) is 0.957. The maximum atomic E-state index is 13.5. The summed E-state index contributed by atoms with van der Waals surface area (Å²) >= 11 is 0. The Hall–Kier alpha value is -3.09. The van der Waals surface area contributed by atoms with Crippen molar-refractivity contribution in [3.63, 3.8) is 0 Å².